The predicted octanol–water partition coefficient (Wildman–Crippen LogP) is 5.20. The standard InChI is InChI=1S/C20H28ClNO3/c1-19(2,3)25-18(23)22-16-12-13-20(4,5)24-17(16)11-8-14-6-9-15(21)10-7-14/h6-11,16-17H,12-13H2,1-5H3,(H,22,23)/b11-8+/t16?,17-/m1/s1. The maximum atomic E-state index is 12.1. The molecule has 25 heavy (non-hydrogen) atoms. The van der Waals surface area contributed by atoms with E-state index >= 15 is 0 Å². The van der Waals surface area contributed by atoms with Crippen molar-refractivity contribution in [3.05, 3.63) is 40.9 Å². The predicted molar refractivity (Wildman–Crippen MR) is 102 cm³/mol. The highest BCUT2D eigenvalue weighted by Crippen LogP contribution is 2.29. The molecule has 4 nitrogen and oxygen atoms in total. The van der Waals surface area contributed by atoms with Gasteiger partial charge in [0.05, 0.1) is 17.7 Å². The summed E-state index contributed by atoms with van der Waals surface area (Å²) in [6, 6.07) is 7.48. The molecule has 0 saturated carbocycles. The molecule has 1 saturated heterocycles. The highest BCUT2D eigenvalue weighted by Gasteiger charge is 2.35. The van der Waals surface area contributed by atoms with Crippen molar-refractivity contribution in [2.24, 2.45) is 0 Å². The Hall–Kier alpha value is -1.52. The lowest BCUT2D eigenvalue weighted by Gasteiger charge is -2.40. The molecule has 1 heterocycles. The largest absolute Gasteiger partial charge is 0.444 e. The van der Waals surface area contributed by atoms with Crippen LogP contribution >= 0.6 is 11.6 Å². The Morgan fingerprint density at radius 2 is 1.96 bits per heavy atom. The summed E-state index contributed by atoms with van der Waals surface area (Å²) in [4.78, 5) is 12.1. The zero-order chi connectivity index (χ0) is 18.7. The molecule has 2 rings (SSSR count). The van der Waals surface area contributed by atoms with Crippen LogP contribution in [0.1, 0.15) is 53.0 Å². The molecule has 1 aromatic carbocycles. The van der Waals surface area contributed by atoms with Crippen molar-refractivity contribution in [1.29, 1.82) is 0 Å². The number of halogens is 1. The summed E-state index contributed by atoms with van der Waals surface area (Å²) in [5.74, 6) is 0. The summed E-state index contributed by atoms with van der Waals surface area (Å²) in [7, 11) is 0. The molecule has 0 aromatic heterocycles. The topological polar surface area (TPSA) is 47.6 Å². The van der Waals surface area contributed by atoms with Gasteiger partial charge in [0.15, 0.2) is 0 Å². The van der Waals surface area contributed by atoms with Crippen LogP contribution in [0, 0.1) is 0 Å². The number of alkyl carbamates (subject to hydrolysis) is 1. The molecule has 0 aliphatic carbocycles. The van der Waals surface area contributed by atoms with E-state index in [-0.39, 0.29) is 17.7 Å². The maximum absolute atomic E-state index is 12.1. The zero-order valence-corrected chi connectivity index (χ0v) is 16.4. The number of ether oxygens (including phenoxy) is 2. The van der Waals surface area contributed by atoms with Gasteiger partial charge in [-0.2, -0.15) is 0 Å². The van der Waals surface area contributed by atoms with E-state index in [4.69, 9.17) is 21.1 Å². The number of rotatable bonds is 3. The molecule has 1 fully saturated rings. The molecule has 0 radical (unpaired) electrons. The van der Waals surface area contributed by atoms with E-state index in [2.05, 4.69) is 19.2 Å². The maximum Gasteiger partial charge on any atom is 0.407 e. The molecule has 1 amide bonds. The van der Waals surface area contributed by atoms with E-state index in [9.17, 15) is 4.79 Å². The number of amides is 1. The van der Waals surface area contributed by atoms with Gasteiger partial charge in [-0.1, -0.05) is 35.9 Å². The number of benzene rings is 1. The first kappa shape index (κ1) is 19.8. The van der Waals surface area contributed by atoms with Crippen molar-refractivity contribution in [1.82, 2.24) is 5.32 Å². The second kappa shape index (κ2) is 7.79. The van der Waals surface area contributed by atoms with Crippen LogP contribution in [-0.4, -0.2) is 29.4 Å². The molecular formula is C20H28ClNO3. The summed E-state index contributed by atoms with van der Waals surface area (Å²) < 4.78 is 11.6. The first-order chi connectivity index (χ1) is 11.5. The zero-order valence-electron chi connectivity index (χ0n) is 15.6. The Bertz CT molecular complexity index is 617. The third-order valence-corrected chi connectivity index (χ3v) is 4.21. The van der Waals surface area contributed by atoms with Gasteiger partial charge in [-0.15, -0.1) is 0 Å². The summed E-state index contributed by atoms with van der Waals surface area (Å²) in [6.07, 6.45) is 5.07. The van der Waals surface area contributed by atoms with Gasteiger partial charge in [0, 0.05) is 5.02 Å². The Kier molecular flexibility index (Phi) is 6.17. The van der Waals surface area contributed by atoms with Gasteiger partial charge in [-0.05, 0) is 65.2 Å². The monoisotopic (exact) mass is 365 g/mol. The smallest absolute Gasteiger partial charge is 0.407 e. The number of carbonyl (C=O) groups is 1. The molecule has 138 valence electrons. The van der Waals surface area contributed by atoms with Gasteiger partial charge in [-0.25, -0.2) is 4.79 Å². The number of nitrogens with one attached hydrogen (secondary N) is 1. The van der Waals surface area contributed by atoms with Gasteiger partial charge in [0.25, 0.3) is 0 Å². The van der Waals surface area contributed by atoms with Crippen LogP contribution in [0.2, 0.25) is 5.02 Å². The molecule has 0 bridgehead atoms. The number of carbonyl (C=O) groups excluding carboxylic acids is 1. The van der Waals surface area contributed by atoms with Gasteiger partial charge in [0.2, 0.25) is 0 Å². The average molecular weight is 366 g/mol. The Balaban J connectivity index is 2.08. The van der Waals surface area contributed by atoms with Gasteiger partial charge < -0.3 is 14.8 Å². The summed E-state index contributed by atoms with van der Waals surface area (Å²) in [5, 5.41) is 3.66. The van der Waals surface area contributed by atoms with Crippen LogP contribution in [0.15, 0.2) is 30.3 Å². The van der Waals surface area contributed by atoms with Crippen LogP contribution < -0.4 is 5.32 Å². The molecule has 0 spiro atoms. The minimum atomic E-state index is -0.520. The minimum Gasteiger partial charge on any atom is -0.444 e. The molecule has 1 aromatic rings. The minimum absolute atomic E-state index is 0.119. The van der Waals surface area contributed by atoms with E-state index in [1.807, 2.05) is 57.2 Å². The Morgan fingerprint density at radius 1 is 1.32 bits per heavy atom. The lowest BCUT2D eigenvalue weighted by Crippen LogP contribution is -2.52. The van der Waals surface area contributed by atoms with Crippen molar-refractivity contribution in [3.63, 3.8) is 0 Å². The average Bonchev–Trinajstić information content (AvgIpc) is 2.47. The lowest BCUT2D eigenvalue weighted by molar-refractivity contribution is -0.100. The Morgan fingerprint density at radius 3 is 2.56 bits per heavy atom. The van der Waals surface area contributed by atoms with E-state index < -0.39 is 11.7 Å². The molecule has 1 aliphatic rings. The molecular weight excluding hydrogens is 338 g/mol. The first-order valence-electron chi connectivity index (χ1n) is 8.65. The highest BCUT2D eigenvalue weighted by atomic mass is 35.5. The van der Waals surface area contributed by atoms with Crippen LogP contribution in [0.3, 0.4) is 0 Å². The molecule has 1 N–H and O–H groups in total. The summed E-state index contributed by atoms with van der Waals surface area (Å²) >= 11 is 5.92. The van der Waals surface area contributed by atoms with Crippen LogP contribution in [0.25, 0.3) is 6.08 Å². The molecule has 1 unspecified atom stereocenters. The molecule has 1 aliphatic heterocycles. The van der Waals surface area contributed by atoms with E-state index in [1.165, 1.54) is 0 Å². The van der Waals surface area contributed by atoms with Crippen LogP contribution in [0.4, 0.5) is 4.79 Å². The second-order valence-corrected chi connectivity index (χ2v) is 8.48. The van der Waals surface area contributed by atoms with Gasteiger partial charge in [-0.3, -0.25) is 0 Å². The fraction of sp³-hybridized carbons (Fsp3) is 0.550. The van der Waals surface area contributed by atoms with Crippen molar-refractivity contribution < 1.29 is 14.3 Å². The van der Waals surface area contributed by atoms with E-state index in [0.29, 0.717) is 5.02 Å². The van der Waals surface area contributed by atoms with Gasteiger partial charge in [0.1, 0.15) is 5.60 Å². The SMILES string of the molecule is CC(C)(C)OC(=O)NC1CCC(C)(C)O[C@@H]1/C=C/c1ccc(Cl)cc1. The van der Waals surface area contributed by atoms with Crippen molar-refractivity contribution in [3.8, 4) is 0 Å². The van der Waals surface area contributed by atoms with Crippen molar-refractivity contribution in [2.45, 2.75) is 70.8 Å². The second-order valence-electron chi connectivity index (χ2n) is 8.04. The van der Waals surface area contributed by atoms with Crippen molar-refractivity contribution in [2.75, 3.05) is 0 Å². The Labute approximate surface area is 155 Å². The fourth-order valence-electron chi connectivity index (χ4n) is 2.74. The number of hydrogen-bond donors (Lipinski definition) is 1. The van der Waals surface area contributed by atoms with E-state index in [0.717, 1.165) is 18.4 Å². The fourth-order valence-corrected chi connectivity index (χ4v) is 2.87. The third kappa shape index (κ3) is 6.71. The molecule has 5 heteroatoms. The van der Waals surface area contributed by atoms with Crippen molar-refractivity contribution >= 4 is 23.8 Å². The summed E-state index contributed by atoms with van der Waals surface area (Å²) in [5.41, 5.74) is 0.293. The quantitative estimate of drug-likeness (QED) is 0.800. The lowest BCUT2D eigenvalue weighted by atomic mass is 9.91. The number of hydrogen-bond acceptors (Lipinski definition) is 3. The van der Waals surface area contributed by atoms with Crippen LogP contribution in [0.5, 0.6) is 0 Å². The normalized spacial score (nSPS) is 23.4. The first-order valence-corrected chi connectivity index (χ1v) is 9.03. The summed E-state index contributed by atoms with van der Waals surface area (Å²) in [6.45, 7) is 9.70. The highest BCUT2D eigenvalue weighted by molar-refractivity contribution is 6.30. The third-order valence-electron chi connectivity index (χ3n) is 3.96. The van der Waals surface area contributed by atoms with Crippen LogP contribution in [-0.2, 0) is 9.47 Å². The van der Waals surface area contributed by atoms with E-state index in [1.54, 1.807) is 0 Å². The molecule has 2 atom stereocenters. The van der Waals surface area contributed by atoms with Gasteiger partial charge >= 0.3 is 6.09 Å².